The summed E-state index contributed by atoms with van der Waals surface area (Å²) in [6.07, 6.45) is 3.50. The number of pyridine rings is 1. The number of morpholine rings is 1. The molecule has 0 radical (unpaired) electrons. The molecule has 2 aliphatic rings. The lowest BCUT2D eigenvalue weighted by molar-refractivity contribution is 0.0397. The molecule has 0 atom stereocenters. The summed E-state index contributed by atoms with van der Waals surface area (Å²) in [6, 6.07) is 3.93. The lowest BCUT2D eigenvalue weighted by Crippen LogP contribution is -2.32. The van der Waals surface area contributed by atoms with Crippen molar-refractivity contribution in [1.82, 2.24) is 9.58 Å². The van der Waals surface area contributed by atoms with Gasteiger partial charge in [0.15, 0.2) is 0 Å². The van der Waals surface area contributed by atoms with Crippen molar-refractivity contribution in [1.29, 1.82) is 0 Å². The van der Waals surface area contributed by atoms with Gasteiger partial charge in [-0.3, -0.25) is 14.4 Å². The molecule has 4 rings (SSSR count). The number of ether oxygens (including phenoxy) is 3. The number of hydrogen-bond acceptors (Lipinski definition) is 7. The van der Waals surface area contributed by atoms with Crippen LogP contribution in [0.4, 0.5) is 5.69 Å². The van der Waals surface area contributed by atoms with E-state index in [0.717, 1.165) is 65.9 Å². The summed E-state index contributed by atoms with van der Waals surface area (Å²) in [6.45, 7) is 3.95. The Morgan fingerprint density at radius 3 is 2.86 bits per heavy atom. The number of anilines is 1. The Balaban J connectivity index is 1.87. The zero-order valence-corrected chi connectivity index (χ0v) is 16.4. The normalized spacial score (nSPS) is 17.0. The summed E-state index contributed by atoms with van der Waals surface area (Å²) < 4.78 is 18.1. The molecule has 1 saturated heterocycles. The van der Waals surface area contributed by atoms with Gasteiger partial charge in [-0.1, -0.05) is 0 Å². The fourth-order valence-electron chi connectivity index (χ4n) is 3.83. The van der Waals surface area contributed by atoms with E-state index < -0.39 is 0 Å². The minimum Gasteiger partial charge on any atom is -0.496 e. The fourth-order valence-corrected chi connectivity index (χ4v) is 3.83. The number of benzene rings is 1. The highest BCUT2D eigenvalue weighted by Crippen LogP contribution is 2.36. The van der Waals surface area contributed by atoms with Crippen molar-refractivity contribution in [2.45, 2.75) is 19.6 Å². The van der Waals surface area contributed by atoms with E-state index in [-0.39, 0.29) is 12.3 Å². The van der Waals surface area contributed by atoms with Crippen LogP contribution in [0.3, 0.4) is 0 Å². The number of nitrogens with zero attached hydrogens (tertiary/aromatic N) is 3. The molecule has 1 fully saturated rings. The lowest BCUT2D eigenvalue weighted by atomic mass is 9.99. The summed E-state index contributed by atoms with van der Waals surface area (Å²) >= 11 is 0. The third kappa shape index (κ3) is 3.45. The molecule has 3 heterocycles. The monoisotopic (exact) mass is 386 g/mol. The molecular weight excluding hydrogens is 360 g/mol. The van der Waals surface area contributed by atoms with Gasteiger partial charge in [0.25, 0.3) is 5.56 Å². The van der Waals surface area contributed by atoms with E-state index in [1.807, 2.05) is 23.4 Å². The lowest BCUT2D eigenvalue weighted by Gasteiger charge is -2.24. The molecule has 28 heavy (non-hydrogen) atoms. The van der Waals surface area contributed by atoms with Crippen LogP contribution in [0.15, 0.2) is 22.0 Å². The number of hydrogen-bond donors (Lipinski definition) is 1. The van der Waals surface area contributed by atoms with Crippen LogP contribution in [0.5, 0.6) is 5.75 Å². The van der Waals surface area contributed by atoms with Crippen LogP contribution in [0.1, 0.15) is 17.5 Å². The third-order valence-corrected chi connectivity index (χ3v) is 5.19. The van der Waals surface area contributed by atoms with Gasteiger partial charge in [0, 0.05) is 24.8 Å². The molecule has 0 aliphatic carbocycles. The maximum atomic E-state index is 13.1. The molecule has 0 saturated carbocycles. The van der Waals surface area contributed by atoms with Crippen molar-refractivity contribution in [2.24, 2.45) is 5.10 Å². The summed E-state index contributed by atoms with van der Waals surface area (Å²) in [5.41, 5.74) is 3.32. The fraction of sp³-hybridized carbons (Fsp3) is 0.500. The minimum atomic E-state index is -0.0131. The van der Waals surface area contributed by atoms with Crippen LogP contribution in [-0.4, -0.2) is 62.9 Å². The van der Waals surface area contributed by atoms with E-state index in [2.05, 4.69) is 10.4 Å². The van der Waals surface area contributed by atoms with Crippen molar-refractivity contribution < 1.29 is 14.2 Å². The first-order valence-electron chi connectivity index (χ1n) is 9.60. The topological polar surface area (TPSA) is 77.3 Å². The van der Waals surface area contributed by atoms with Crippen molar-refractivity contribution >= 4 is 22.8 Å². The second kappa shape index (κ2) is 8.20. The van der Waals surface area contributed by atoms with E-state index >= 15 is 0 Å². The van der Waals surface area contributed by atoms with Crippen molar-refractivity contribution in [3.05, 3.63) is 33.6 Å². The van der Waals surface area contributed by atoms with Gasteiger partial charge in [-0.2, -0.15) is 5.10 Å². The maximum absolute atomic E-state index is 13.1. The molecule has 2 aliphatic heterocycles. The Morgan fingerprint density at radius 2 is 2.11 bits per heavy atom. The van der Waals surface area contributed by atoms with E-state index in [9.17, 15) is 4.79 Å². The van der Waals surface area contributed by atoms with Gasteiger partial charge in [0.05, 0.1) is 56.2 Å². The van der Waals surface area contributed by atoms with Crippen LogP contribution in [0.25, 0.3) is 10.9 Å². The number of methoxy groups -OCH3 is 2. The number of fused-ring (bicyclic) bond motifs is 3. The number of nitrogens with one attached hydrogen (secondary N) is 1. The average molecular weight is 386 g/mol. The van der Waals surface area contributed by atoms with Crippen LogP contribution < -0.4 is 15.6 Å². The summed E-state index contributed by atoms with van der Waals surface area (Å²) in [5.74, 6) is 0.719. The van der Waals surface area contributed by atoms with Gasteiger partial charge in [0.1, 0.15) is 12.5 Å². The predicted molar refractivity (Wildman–Crippen MR) is 109 cm³/mol. The Labute approximate surface area is 163 Å². The standard InChI is InChI=1S/C20H26N4O4/c1-26-13-24-16-10-14(12-22-23-6-8-28-9-7-23)11-17(27-2)18(16)19-15(20(24)25)4-3-5-21-19/h10-12,21H,3-9,13H2,1-2H3. The van der Waals surface area contributed by atoms with Gasteiger partial charge >= 0.3 is 0 Å². The highest BCUT2D eigenvalue weighted by Gasteiger charge is 2.22. The van der Waals surface area contributed by atoms with Crippen molar-refractivity contribution in [2.75, 3.05) is 52.4 Å². The predicted octanol–water partition coefficient (Wildman–Crippen LogP) is 1.64. The Morgan fingerprint density at radius 1 is 1.29 bits per heavy atom. The highest BCUT2D eigenvalue weighted by atomic mass is 16.5. The van der Waals surface area contributed by atoms with Gasteiger partial charge in [-0.15, -0.1) is 0 Å². The summed E-state index contributed by atoms with van der Waals surface area (Å²) in [4.78, 5) is 13.1. The maximum Gasteiger partial charge on any atom is 0.258 e. The van der Waals surface area contributed by atoms with E-state index in [1.54, 1.807) is 18.8 Å². The van der Waals surface area contributed by atoms with Gasteiger partial charge < -0.3 is 19.5 Å². The number of rotatable bonds is 5. The van der Waals surface area contributed by atoms with Gasteiger partial charge in [0.2, 0.25) is 0 Å². The number of hydrazone groups is 1. The molecule has 0 bridgehead atoms. The first kappa shape index (κ1) is 18.8. The third-order valence-electron chi connectivity index (χ3n) is 5.19. The Bertz CT molecular complexity index is 948. The molecule has 8 heteroatoms. The molecular formula is C20H26N4O4. The Kier molecular flexibility index (Phi) is 5.50. The largest absolute Gasteiger partial charge is 0.496 e. The molecule has 150 valence electrons. The molecule has 8 nitrogen and oxygen atoms in total. The molecule has 1 aromatic carbocycles. The van der Waals surface area contributed by atoms with E-state index in [0.29, 0.717) is 13.2 Å². The zero-order chi connectivity index (χ0) is 19.5. The molecule has 1 aromatic heterocycles. The van der Waals surface area contributed by atoms with Crippen LogP contribution >= 0.6 is 0 Å². The zero-order valence-electron chi connectivity index (χ0n) is 16.4. The summed E-state index contributed by atoms with van der Waals surface area (Å²) in [7, 11) is 3.25. The van der Waals surface area contributed by atoms with E-state index in [4.69, 9.17) is 14.2 Å². The van der Waals surface area contributed by atoms with Crippen LogP contribution in [-0.2, 0) is 22.6 Å². The van der Waals surface area contributed by atoms with Crippen molar-refractivity contribution in [3.63, 3.8) is 0 Å². The second-order valence-electron chi connectivity index (χ2n) is 6.96. The highest BCUT2D eigenvalue weighted by molar-refractivity contribution is 6.01. The quantitative estimate of drug-likeness (QED) is 0.788. The van der Waals surface area contributed by atoms with Gasteiger partial charge in [-0.05, 0) is 25.0 Å². The molecule has 1 N–H and O–H groups in total. The van der Waals surface area contributed by atoms with Crippen LogP contribution in [0.2, 0.25) is 0 Å². The van der Waals surface area contributed by atoms with Gasteiger partial charge in [-0.25, -0.2) is 0 Å². The van der Waals surface area contributed by atoms with Crippen molar-refractivity contribution in [3.8, 4) is 5.75 Å². The number of aromatic nitrogens is 1. The summed E-state index contributed by atoms with van der Waals surface area (Å²) in [5, 5.41) is 10.9. The van der Waals surface area contributed by atoms with Crippen LogP contribution in [0, 0.1) is 0 Å². The molecule has 2 aromatic rings. The smallest absolute Gasteiger partial charge is 0.258 e. The average Bonchev–Trinajstić information content (AvgIpc) is 2.75. The molecule has 0 spiro atoms. The first-order chi connectivity index (χ1) is 13.7. The molecule has 0 amide bonds. The minimum absolute atomic E-state index is 0.0131. The Hall–Kier alpha value is -2.58. The second-order valence-corrected chi connectivity index (χ2v) is 6.96. The van der Waals surface area contributed by atoms with E-state index in [1.165, 1.54) is 0 Å². The SMILES string of the molecule is COCn1c(=O)c2c(c3c(OC)cc(C=NN4CCOCC4)cc31)NCCC2. The molecule has 0 unspecified atom stereocenters. The first-order valence-corrected chi connectivity index (χ1v) is 9.60.